The van der Waals surface area contributed by atoms with Gasteiger partial charge >= 0.3 is 0 Å². The molecule has 0 saturated heterocycles. The summed E-state index contributed by atoms with van der Waals surface area (Å²) >= 11 is 1.61. The van der Waals surface area contributed by atoms with Crippen molar-refractivity contribution in [3.63, 3.8) is 0 Å². The summed E-state index contributed by atoms with van der Waals surface area (Å²) < 4.78 is 0. The Bertz CT molecular complexity index is 272. The van der Waals surface area contributed by atoms with Gasteiger partial charge in [0, 0.05) is 11.1 Å². The molecule has 1 aromatic rings. The number of aryl methyl sites for hydroxylation is 1. The number of hydrogen-bond donors (Lipinski definition) is 1. The van der Waals surface area contributed by atoms with Crippen molar-refractivity contribution in [2.75, 3.05) is 5.32 Å². The standard InChI is InChI=1S/C8H10N2S/c1-4-6(2)10-8-9-5-7(3)11-8/h1,5-6H,2-3H3,(H,9,10). The fourth-order valence-electron chi connectivity index (χ4n) is 0.648. The van der Waals surface area contributed by atoms with Crippen LogP contribution in [0.4, 0.5) is 5.13 Å². The van der Waals surface area contributed by atoms with E-state index in [9.17, 15) is 0 Å². The Morgan fingerprint density at radius 1 is 1.82 bits per heavy atom. The van der Waals surface area contributed by atoms with Crippen LogP contribution in [0.2, 0.25) is 0 Å². The summed E-state index contributed by atoms with van der Waals surface area (Å²) in [7, 11) is 0. The largest absolute Gasteiger partial charge is 0.348 e. The Balaban J connectivity index is 2.59. The van der Waals surface area contributed by atoms with Crippen LogP contribution in [0.15, 0.2) is 6.20 Å². The first-order chi connectivity index (χ1) is 5.22. The summed E-state index contributed by atoms with van der Waals surface area (Å²) in [6, 6.07) is 0.0561. The zero-order valence-electron chi connectivity index (χ0n) is 6.59. The van der Waals surface area contributed by atoms with Crippen LogP contribution in [0.1, 0.15) is 11.8 Å². The highest BCUT2D eigenvalue weighted by Crippen LogP contribution is 2.16. The monoisotopic (exact) mass is 166 g/mol. The number of terminal acetylenes is 1. The SMILES string of the molecule is C#CC(C)Nc1ncc(C)s1. The Labute approximate surface area is 70.7 Å². The molecule has 1 unspecified atom stereocenters. The van der Waals surface area contributed by atoms with Crippen LogP contribution in [0.5, 0.6) is 0 Å². The summed E-state index contributed by atoms with van der Waals surface area (Å²) in [5.41, 5.74) is 0. The molecule has 1 atom stereocenters. The molecule has 2 nitrogen and oxygen atoms in total. The third-order valence-corrected chi connectivity index (χ3v) is 2.06. The van der Waals surface area contributed by atoms with E-state index < -0.39 is 0 Å². The summed E-state index contributed by atoms with van der Waals surface area (Å²) in [6.07, 6.45) is 7.02. The van der Waals surface area contributed by atoms with Crippen molar-refractivity contribution in [3.05, 3.63) is 11.1 Å². The second-order valence-electron chi connectivity index (χ2n) is 2.31. The molecule has 58 valence electrons. The molecule has 0 radical (unpaired) electrons. The van der Waals surface area contributed by atoms with Crippen LogP contribution in [0, 0.1) is 19.3 Å². The van der Waals surface area contributed by atoms with Gasteiger partial charge in [0.2, 0.25) is 0 Å². The average molecular weight is 166 g/mol. The minimum Gasteiger partial charge on any atom is -0.348 e. The third kappa shape index (κ3) is 2.24. The number of nitrogens with zero attached hydrogens (tertiary/aromatic N) is 1. The average Bonchev–Trinajstić information content (AvgIpc) is 2.35. The lowest BCUT2D eigenvalue weighted by atomic mass is 10.4. The quantitative estimate of drug-likeness (QED) is 0.679. The maximum Gasteiger partial charge on any atom is 0.183 e. The van der Waals surface area contributed by atoms with Crippen LogP contribution in [0.25, 0.3) is 0 Å². The molecule has 3 heteroatoms. The first-order valence-corrected chi connectivity index (χ1v) is 4.19. The Morgan fingerprint density at radius 3 is 3.00 bits per heavy atom. The van der Waals surface area contributed by atoms with Crippen molar-refractivity contribution in [2.24, 2.45) is 0 Å². The first-order valence-electron chi connectivity index (χ1n) is 3.37. The number of aromatic nitrogens is 1. The van der Waals surface area contributed by atoms with Gasteiger partial charge in [-0.3, -0.25) is 0 Å². The van der Waals surface area contributed by atoms with Crippen LogP contribution in [0.3, 0.4) is 0 Å². The number of nitrogens with one attached hydrogen (secondary N) is 1. The summed E-state index contributed by atoms with van der Waals surface area (Å²) in [4.78, 5) is 5.31. The molecule has 0 spiro atoms. The van der Waals surface area contributed by atoms with Gasteiger partial charge in [0.1, 0.15) is 0 Å². The predicted molar refractivity (Wildman–Crippen MR) is 48.8 cm³/mol. The zero-order valence-corrected chi connectivity index (χ0v) is 7.40. The smallest absolute Gasteiger partial charge is 0.183 e. The molecule has 0 aliphatic carbocycles. The third-order valence-electron chi connectivity index (χ3n) is 1.21. The van der Waals surface area contributed by atoms with Gasteiger partial charge < -0.3 is 5.32 Å². The summed E-state index contributed by atoms with van der Waals surface area (Å²) in [5, 5.41) is 3.98. The molecule has 11 heavy (non-hydrogen) atoms. The second kappa shape index (κ2) is 3.40. The van der Waals surface area contributed by atoms with E-state index in [1.54, 1.807) is 11.3 Å². The molecule has 0 saturated carbocycles. The van der Waals surface area contributed by atoms with E-state index in [4.69, 9.17) is 6.42 Å². The highest BCUT2D eigenvalue weighted by atomic mass is 32.1. The van der Waals surface area contributed by atoms with Crippen molar-refractivity contribution >= 4 is 16.5 Å². The van der Waals surface area contributed by atoms with Gasteiger partial charge in [-0.2, -0.15) is 0 Å². The molecule has 0 amide bonds. The molecule has 1 N–H and O–H groups in total. The zero-order chi connectivity index (χ0) is 8.27. The van der Waals surface area contributed by atoms with Gasteiger partial charge in [0.25, 0.3) is 0 Å². The summed E-state index contributed by atoms with van der Waals surface area (Å²) in [6.45, 7) is 3.94. The van der Waals surface area contributed by atoms with Gasteiger partial charge in [-0.25, -0.2) is 4.98 Å². The molecule has 0 aliphatic rings. The molecule has 1 aromatic heterocycles. The Hall–Kier alpha value is -1.01. The minimum atomic E-state index is 0.0561. The maximum absolute atomic E-state index is 5.19. The van der Waals surface area contributed by atoms with E-state index in [1.165, 1.54) is 4.88 Å². The predicted octanol–water partition coefficient (Wildman–Crippen LogP) is 1.89. The van der Waals surface area contributed by atoms with Gasteiger partial charge in [0.05, 0.1) is 6.04 Å². The van der Waals surface area contributed by atoms with Gasteiger partial charge in [-0.05, 0) is 13.8 Å². The van der Waals surface area contributed by atoms with E-state index in [-0.39, 0.29) is 6.04 Å². The van der Waals surface area contributed by atoms with Crippen molar-refractivity contribution < 1.29 is 0 Å². The number of rotatable bonds is 2. The van der Waals surface area contributed by atoms with E-state index >= 15 is 0 Å². The molecule has 0 fully saturated rings. The van der Waals surface area contributed by atoms with Crippen molar-refractivity contribution in [1.29, 1.82) is 0 Å². The fourth-order valence-corrected chi connectivity index (χ4v) is 1.40. The van der Waals surface area contributed by atoms with Crippen LogP contribution < -0.4 is 5.32 Å². The molecule has 0 aliphatic heterocycles. The summed E-state index contributed by atoms with van der Waals surface area (Å²) in [5.74, 6) is 2.58. The van der Waals surface area contributed by atoms with Crippen molar-refractivity contribution in [3.8, 4) is 12.3 Å². The highest BCUT2D eigenvalue weighted by molar-refractivity contribution is 7.15. The Kier molecular flexibility index (Phi) is 2.50. The fraction of sp³-hybridized carbons (Fsp3) is 0.375. The normalized spacial score (nSPS) is 12.1. The van der Waals surface area contributed by atoms with E-state index in [1.807, 2.05) is 20.0 Å². The minimum absolute atomic E-state index is 0.0561. The lowest BCUT2D eigenvalue weighted by Gasteiger charge is -2.03. The van der Waals surface area contributed by atoms with Gasteiger partial charge in [-0.1, -0.05) is 5.92 Å². The van der Waals surface area contributed by atoms with E-state index in [0.29, 0.717) is 0 Å². The van der Waals surface area contributed by atoms with Crippen LogP contribution in [-0.2, 0) is 0 Å². The molecular weight excluding hydrogens is 156 g/mol. The Morgan fingerprint density at radius 2 is 2.55 bits per heavy atom. The first kappa shape index (κ1) is 8.09. The molecular formula is C8H10N2S. The van der Waals surface area contributed by atoms with Crippen molar-refractivity contribution in [1.82, 2.24) is 4.98 Å². The van der Waals surface area contributed by atoms with Gasteiger partial charge in [-0.15, -0.1) is 17.8 Å². The second-order valence-corrected chi connectivity index (χ2v) is 3.54. The number of hydrogen-bond acceptors (Lipinski definition) is 3. The molecule has 1 rings (SSSR count). The molecule has 0 aromatic carbocycles. The lowest BCUT2D eigenvalue weighted by molar-refractivity contribution is 1.03. The topological polar surface area (TPSA) is 24.9 Å². The molecule has 0 bridgehead atoms. The van der Waals surface area contributed by atoms with Crippen LogP contribution >= 0.6 is 11.3 Å². The van der Waals surface area contributed by atoms with Gasteiger partial charge in [0.15, 0.2) is 5.13 Å². The van der Waals surface area contributed by atoms with E-state index in [2.05, 4.69) is 16.2 Å². The van der Waals surface area contributed by atoms with Crippen molar-refractivity contribution in [2.45, 2.75) is 19.9 Å². The van der Waals surface area contributed by atoms with E-state index in [0.717, 1.165) is 5.13 Å². The maximum atomic E-state index is 5.19. The molecule has 1 heterocycles. The number of anilines is 1. The lowest BCUT2D eigenvalue weighted by Crippen LogP contribution is -2.11. The highest BCUT2D eigenvalue weighted by Gasteiger charge is 1.99. The number of thiazole rings is 1. The van der Waals surface area contributed by atoms with Crippen LogP contribution in [-0.4, -0.2) is 11.0 Å².